The Balaban J connectivity index is 2.30. The van der Waals surface area contributed by atoms with Gasteiger partial charge in [0.15, 0.2) is 0 Å². The number of aromatic amines is 1. The molecule has 0 aliphatic carbocycles. The minimum Gasteiger partial charge on any atom is -0.247 e. The van der Waals surface area contributed by atoms with Crippen molar-refractivity contribution < 1.29 is 4.57 Å². The molecule has 0 bridgehead atoms. The summed E-state index contributed by atoms with van der Waals surface area (Å²) in [5.41, 5.74) is 0. The van der Waals surface area contributed by atoms with Crippen molar-refractivity contribution >= 4 is 0 Å². The molecule has 272 valence electrons. The normalized spacial score (nSPS) is 13.0. The molecule has 0 amide bonds. The Morgan fingerprint density at radius 3 is 1.02 bits per heavy atom. The average molecular weight is 644 g/mol. The van der Waals surface area contributed by atoms with Crippen molar-refractivity contribution in [1.29, 1.82) is 0 Å². The van der Waals surface area contributed by atoms with Crippen LogP contribution in [0.4, 0.5) is 0 Å². The van der Waals surface area contributed by atoms with Crippen molar-refractivity contribution in [2.24, 2.45) is 0 Å². The third kappa shape index (κ3) is 25.3. The molecule has 0 radical (unpaired) electrons. The first-order chi connectivity index (χ1) is 22.7. The topological polar surface area (TPSA) is 19.7 Å². The molecule has 0 fully saturated rings. The second-order valence-electron chi connectivity index (χ2n) is 15.4. The molecule has 1 N–H and O–H groups in total. The van der Waals surface area contributed by atoms with Gasteiger partial charge in [-0.1, -0.05) is 220 Å². The van der Waals surface area contributed by atoms with Gasteiger partial charge in [-0.25, -0.2) is 9.55 Å². The molecule has 0 saturated carbocycles. The van der Waals surface area contributed by atoms with Crippen LogP contribution in [-0.4, -0.2) is 4.98 Å². The number of hydrogen-bond donors (Lipinski definition) is 1. The summed E-state index contributed by atoms with van der Waals surface area (Å²) >= 11 is 0. The Bertz CT molecular complexity index is 709. The maximum absolute atomic E-state index is 3.75. The van der Waals surface area contributed by atoms with Gasteiger partial charge in [0.05, 0.1) is 12.0 Å². The van der Waals surface area contributed by atoms with Crippen LogP contribution >= 0.6 is 0 Å². The van der Waals surface area contributed by atoms with Gasteiger partial charge >= 0.3 is 0 Å². The van der Waals surface area contributed by atoms with E-state index < -0.39 is 0 Å². The fraction of sp³-hybridized carbons (Fsp3) is 0.932. The number of nitrogens with zero attached hydrogens (tertiary/aromatic N) is 1. The number of H-pyrrole nitrogens is 1. The van der Waals surface area contributed by atoms with E-state index in [0.717, 1.165) is 0 Å². The second kappa shape index (κ2) is 34.1. The summed E-state index contributed by atoms with van der Waals surface area (Å²) < 4.78 is 2.63. The molecule has 1 aromatic heterocycles. The van der Waals surface area contributed by atoms with Gasteiger partial charge in [0.25, 0.3) is 5.82 Å². The SMILES string of the molecule is CCCCCCCCCCCCCCCCCCCC(CCCCCCCCCCCC)c1[nH]cc[n+]1C(C)CCCCCCC. The van der Waals surface area contributed by atoms with E-state index in [-0.39, 0.29) is 0 Å². The van der Waals surface area contributed by atoms with E-state index in [1.807, 2.05) is 0 Å². The number of hydrogen-bond acceptors (Lipinski definition) is 0. The monoisotopic (exact) mass is 644 g/mol. The lowest BCUT2D eigenvalue weighted by Gasteiger charge is -2.17. The van der Waals surface area contributed by atoms with Crippen molar-refractivity contribution in [2.75, 3.05) is 0 Å². The van der Waals surface area contributed by atoms with Crippen LogP contribution in [0.25, 0.3) is 0 Å². The third-order valence-corrected chi connectivity index (χ3v) is 10.9. The van der Waals surface area contributed by atoms with E-state index in [1.54, 1.807) is 0 Å². The summed E-state index contributed by atoms with van der Waals surface area (Å²) in [4.78, 5) is 3.75. The summed E-state index contributed by atoms with van der Waals surface area (Å²) in [6.07, 6.45) is 54.7. The molecule has 1 heterocycles. The molecule has 46 heavy (non-hydrogen) atoms. The number of nitrogens with one attached hydrogen (secondary N) is 1. The smallest absolute Gasteiger partial charge is 0.247 e. The second-order valence-corrected chi connectivity index (χ2v) is 15.4. The van der Waals surface area contributed by atoms with Gasteiger partial charge in [0.1, 0.15) is 12.4 Å². The highest BCUT2D eigenvalue weighted by molar-refractivity contribution is 4.90. The van der Waals surface area contributed by atoms with Crippen molar-refractivity contribution in [3.63, 3.8) is 0 Å². The number of unbranched alkanes of at least 4 members (excludes halogenated alkanes) is 29. The first-order valence-corrected chi connectivity index (χ1v) is 21.8. The molecule has 1 rings (SSSR count). The van der Waals surface area contributed by atoms with E-state index in [4.69, 9.17) is 0 Å². The maximum atomic E-state index is 3.75. The Kier molecular flexibility index (Phi) is 32.0. The zero-order chi connectivity index (χ0) is 33.2. The van der Waals surface area contributed by atoms with Gasteiger partial charge in [-0.15, -0.1) is 0 Å². The lowest BCUT2D eigenvalue weighted by Crippen LogP contribution is -2.41. The molecule has 2 nitrogen and oxygen atoms in total. The molecule has 0 aromatic carbocycles. The van der Waals surface area contributed by atoms with Crippen LogP contribution in [0.1, 0.15) is 270 Å². The highest BCUT2D eigenvalue weighted by atomic mass is 15.1. The van der Waals surface area contributed by atoms with E-state index in [0.29, 0.717) is 12.0 Å². The highest BCUT2D eigenvalue weighted by Gasteiger charge is 2.25. The number of aromatic nitrogens is 2. The number of rotatable bonds is 37. The van der Waals surface area contributed by atoms with Crippen LogP contribution in [-0.2, 0) is 0 Å². The number of imidazole rings is 1. The summed E-state index contributed by atoms with van der Waals surface area (Å²) in [7, 11) is 0. The van der Waals surface area contributed by atoms with Gasteiger partial charge in [-0.05, 0) is 32.6 Å². The summed E-state index contributed by atoms with van der Waals surface area (Å²) in [5.74, 6) is 2.25. The van der Waals surface area contributed by atoms with Crippen molar-refractivity contribution in [1.82, 2.24) is 4.98 Å². The van der Waals surface area contributed by atoms with Gasteiger partial charge in [-0.2, -0.15) is 0 Å². The highest BCUT2D eigenvalue weighted by Crippen LogP contribution is 2.27. The maximum Gasteiger partial charge on any atom is 0.257 e. The van der Waals surface area contributed by atoms with Gasteiger partial charge in [0, 0.05) is 0 Å². The first-order valence-electron chi connectivity index (χ1n) is 21.8. The lowest BCUT2D eigenvalue weighted by atomic mass is 9.92. The fourth-order valence-corrected chi connectivity index (χ4v) is 7.66. The molecule has 2 unspecified atom stereocenters. The van der Waals surface area contributed by atoms with Crippen LogP contribution in [0.2, 0.25) is 0 Å². The van der Waals surface area contributed by atoms with E-state index >= 15 is 0 Å². The molecule has 1 aromatic rings. The Morgan fingerprint density at radius 1 is 0.413 bits per heavy atom. The molecule has 2 heteroatoms. The predicted octanol–water partition coefficient (Wildman–Crippen LogP) is 15.7. The van der Waals surface area contributed by atoms with Crippen LogP contribution in [0.5, 0.6) is 0 Å². The van der Waals surface area contributed by atoms with Gasteiger partial charge < -0.3 is 0 Å². The molecular formula is C44H87N2+. The minimum absolute atomic E-state index is 0.619. The lowest BCUT2D eigenvalue weighted by molar-refractivity contribution is -0.727. The first kappa shape index (κ1) is 43.2. The third-order valence-electron chi connectivity index (χ3n) is 10.9. The fourth-order valence-electron chi connectivity index (χ4n) is 7.66. The summed E-state index contributed by atoms with van der Waals surface area (Å²) in [6.45, 7) is 9.41. The van der Waals surface area contributed by atoms with Crippen LogP contribution in [0.3, 0.4) is 0 Å². The predicted molar refractivity (Wildman–Crippen MR) is 207 cm³/mol. The molecular weight excluding hydrogens is 556 g/mol. The van der Waals surface area contributed by atoms with Crippen LogP contribution < -0.4 is 4.57 Å². The summed E-state index contributed by atoms with van der Waals surface area (Å²) in [5, 5.41) is 0. The quantitative estimate of drug-likeness (QED) is 0.0550. The molecule has 2 atom stereocenters. The molecule has 0 aliphatic heterocycles. The van der Waals surface area contributed by atoms with Crippen molar-refractivity contribution in [2.45, 2.75) is 264 Å². The van der Waals surface area contributed by atoms with E-state index in [2.05, 4.69) is 49.6 Å². The Hall–Kier alpha value is -0.790. The zero-order valence-electron chi connectivity index (χ0n) is 32.5. The molecule has 0 aliphatic rings. The van der Waals surface area contributed by atoms with Crippen LogP contribution in [0, 0.1) is 0 Å². The van der Waals surface area contributed by atoms with Crippen molar-refractivity contribution in [3.05, 3.63) is 18.2 Å². The average Bonchev–Trinajstić information content (AvgIpc) is 3.56. The molecule has 0 saturated heterocycles. The van der Waals surface area contributed by atoms with Gasteiger partial charge in [-0.3, -0.25) is 0 Å². The standard InChI is InChI=1S/C44H86N2/c1-5-8-11-14-16-18-20-21-22-23-24-25-26-28-30-33-36-39-43(38-35-32-29-27-19-17-15-12-9-6-2)44-45-40-41-46(44)42(4)37-34-31-13-10-7-3/h40-43H,5-39H2,1-4H3/p+1. The van der Waals surface area contributed by atoms with E-state index in [9.17, 15) is 0 Å². The Labute approximate surface area is 291 Å². The van der Waals surface area contributed by atoms with Crippen LogP contribution in [0.15, 0.2) is 12.4 Å². The largest absolute Gasteiger partial charge is 0.257 e. The zero-order valence-corrected chi connectivity index (χ0v) is 32.5. The Morgan fingerprint density at radius 2 is 0.696 bits per heavy atom. The van der Waals surface area contributed by atoms with Crippen molar-refractivity contribution in [3.8, 4) is 0 Å². The summed E-state index contributed by atoms with van der Waals surface area (Å²) in [6, 6.07) is 0.619. The molecule has 0 spiro atoms. The van der Waals surface area contributed by atoms with Gasteiger partial charge in [0.2, 0.25) is 0 Å². The minimum atomic E-state index is 0.619. The van der Waals surface area contributed by atoms with E-state index in [1.165, 1.54) is 231 Å².